The van der Waals surface area contributed by atoms with Gasteiger partial charge in [0.15, 0.2) is 0 Å². The van der Waals surface area contributed by atoms with Gasteiger partial charge in [-0.25, -0.2) is 19.4 Å². The number of amides is 2. The molecule has 176 valence electrons. The molecule has 0 unspecified atom stereocenters. The first kappa shape index (κ1) is 23.8. The van der Waals surface area contributed by atoms with E-state index in [2.05, 4.69) is 20.3 Å². The molecular formula is C22H26N4O7. The summed E-state index contributed by atoms with van der Waals surface area (Å²) in [5.74, 6) is -1.08. The molecular weight excluding hydrogens is 432 g/mol. The number of carbonyl (C=O) groups is 3. The summed E-state index contributed by atoms with van der Waals surface area (Å²) in [5, 5.41) is 13.6. The highest BCUT2D eigenvalue weighted by molar-refractivity contribution is 6.17. The number of nitrogens with one attached hydrogen (secondary N) is 2. The summed E-state index contributed by atoms with van der Waals surface area (Å²) in [6, 6.07) is 2.73. The minimum absolute atomic E-state index is 0.00286. The predicted octanol–water partition coefficient (Wildman–Crippen LogP) is 3.83. The molecule has 0 radical (unpaired) electrons. The van der Waals surface area contributed by atoms with Gasteiger partial charge in [0, 0.05) is 5.39 Å². The van der Waals surface area contributed by atoms with Crippen LogP contribution in [0.2, 0.25) is 0 Å². The highest BCUT2D eigenvalue weighted by atomic mass is 16.6. The van der Waals surface area contributed by atoms with Crippen LogP contribution in [0.15, 0.2) is 17.1 Å². The molecule has 0 aliphatic heterocycles. The first-order chi connectivity index (χ1) is 15.2. The Morgan fingerprint density at radius 1 is 1.06 bits per heavy atom. The van der Waals surface area contributed by atoms with Crippen LogP contribution in [0.25, 0.3) is 21.8 Å². The Hall–Kier alpha value is -3.89. The van der Waals surface area contributed by atoms with Crippen LogP contribution in [0.1, 0.15) is 52.0 Å². The number of ether oxygens (including phenoxy) is 3. The van der Waals surface area contributed by atoms with Gasteiger partial charge in [0.1, 0.15) is 22.4 Å². The quantitative estimate of drug-likeness (QED) is 0.387. The van der Waals surface area contributed by atoms with Gasteiger partial charge in [-0.2, -0.15) is 4.99 Å². The lowest BCUT2D eigenvalue weighted by molar-refractivity contribution is 0.0587. The van der Waals surface area contributed by atoms with Gasteiger partial charge < -0.3 is 24.3 Å². The van der Waals surface area contributed by atoms with Crippen molar-refractivity contribution in [3.63, 3.8) is 0 Å². The molecule has 3 N–H and O–H groups in total. The lowest BCUT2D eigenvalue weighted by atomic mass is 10.1. The number of H-pyrrole nitrogens is 1. The maximum atomic E-state index is 12.4. The van der Waals surface area contributed by atoms with Crippen molar-refractivity contribution in [3.05, 3.63) is 23.2 Å². The SMILES string of the molecule is COC(=O)c1cc2c(O)nc3c(NC(=O)OC(C)(C)C)c/c(=N\C(=O)OC(C)(C)C)c([nH]1)c23. The minimum Gasteiger partial charge on any atom is -0.493 e. The van der Waals surface area contributed by atoms with Crippen LogP contribution in [0.4, 0.5) is 15.3 Å². The zero-order valence-electron chi connectivity index (χ0n) is 19.4. The van der Waals surface area contributed by atoms with Gasteiger partial charge in [0.2, 0.25) is 5.88 Å². The van der Waals surface area contributed by atoms with E-state index in [4.69, 9.17) is 14.2 Å². The van der Waals surface area contributed by atoms with Crippen molar-refractivity contribution in [2.24, 2.45) is 4.99 Å². The Morgan fingerprint density at radius 3 is 2.27 bits per heavy atom. The summed E-state index contributed by atoms with van der Waals surface area (Å²) in [6.45, 7) is 10.2. The number of hydrogen-bond donors (Lipinski definition) is 3. The molecule has 0 spiro atoms. The molecule has 11 nitrogen and oxygen atoms in total. The summed E-state index contributed by atoms with van der Waals surface area (Å²) >= 11 is 0. The fourth-order valence-electron chi connectivity index (χ4n) is 3.09. The van der Waals surface area contributed by atoms with Gasteiger partial charge in [-0.3, -0.25) is 5.32 Å². The summed E-state index contributed by atoms with van der Waals surface area (Å²) in [7, 11) is 1.21. The number of esters is 1. The number of aromatic nitrogens is 2. The highest BCUT2D eigenvalue weighted by Gasteiger charge is 2.23. The van der Waals surface area contributed by atoms with Crippen molar-refractivity contribution in [2.45, 2.75) is 52.7 Å². The zero-order valence-corrected chi connectivity index (χ0v) is 19.4. The number of benzene rings is 1. The number of anilines is 1. The van der Waals surface area contributed by atoms with E-state index in [-0.39, 0.29) is 39.0 Å². The summed E-state index contributed by atoms with van der Waals surface area (Å²) in [4.78, 5) is 48.0. The van der Waals surface area contributed by atoms with Gasteiger partial charge in [0.25, 0.3) is 0 Å². The summed E-state index contributed by atoms with van der Waals surface area (Å²) < 4.78 is 15.3. The first-order valence-corrected chi connectivity index (χ1v) is 10.1. The second-order valence-corrected chi connectivity index (χ2v) is 9.28. The fourth-order valence-corrected chi connectivity index (χ4v) is 3.09. The van der Waals surface area contributed by atoms with Crippen LogP contribution >= 0.6 is 0 Å². The molecule has 0 bridgehead atoms. The van der Waals surface area contributed by atoms with Crippen molar-refractivity contribution in [3.8, 4) is 5.88 Å². The van der Waals surface area contributed by atoms with Crippen LogP contribution in [-0.4, -0.2) is 51.5 Å². The lowest BCUT2D eigenvalue weighted by Crippen LogP contribution is -2.28. The van der Waals surface area contributed by atoms with Gasteiger partial charge >= 0.3 is 18.2 Å². The molecule has 0 saturated carbocycles. The van der Waals surface area contributed by atoms with E-state index in [1.54, 1.807) is 41.5 Å². The third-order valence-electron chi connectivity index (χ3n) is 4.20. The minimum atomic E-state index is -0.887. The number of aromatic amines is 1. The maximum Gasteiger partial charge on any atom is 0.434 e. The molecule has 3 aromatic rings. The van der Waals surface area contributed by atoms with E-state index in [1.165, 1.54) is 19.2 Å². The molecule has 2 amide bonds. The summed E-state index contributed by atoms with van der Waals surface area (Å²) in [5.41, 5.74) is -0.984. The monoisotopic (exact) mass is 458 g/mol. The number of aromatic hydroxyl groups is 1. The van der Waals surface area contributed by atoms with Crippen molar-refractivity contribution in [1.82, 2.24) is 9.97 Å². The second-order valence-electron chi connectivity index (χ2n) is 9.28. The number of nitrogens with zero attached hydrogens (tertiary/aromatic N) is 2. The fraction of sp³-hybridized carbons (Fsp3) is 0.409. The van der Waals surface area contributed by atoms with Gasteiger partial charge in [0.05, 0.1) is 29.1 Å². The average molecular weight is 458 g/mol. The molecule has 33 heavy (non-hydrogen) atoms. The first-order valence-electron chi connectivity index (χ1n) is 10.1. The molecule has 0 atom stereocenters. The molecule has 0 aliphatic rings. The largest absolute Gasteiger partial charge is 0.493 e. The topological polar surface area (TPSA) is 152 Å². The lowest BCUT2D eigenvalue weighted by Gasteiger charge is -2.20. The van der Waals surface area contributed by atoms with Crippen LogP contribution in [0, 0.1) is 0 Å². The average Bonchev–Trinajstić information content (AvgIpc) is 2.99. The van der Waals surface area contributed by atoms with Crippen LogP contribution in [-0.2, 0) is 14.2 Å². The molecule has 11 heteroatoms. The Balaban J connectivity index is 2.29. The molecule has 1 aromatic carbocycles. The second kappa shape index (κ2) is 8.23. The van der Waals surface area contributed by atoms with E-state index in [0.717, 1.165) is 0 Å². The number of methoxy groups -OCH3 is 1. The molecule has 2 aromatic heterocycles. The maximum absolute atomic E-state index is 12.4. The van der Waals surface area contributed by atoms with Crippen molar-refractivity contribution >= 4 is 45.6 Å². The summed E-state index contributed by atoms with van der Waals surface area (Å²) in [6.07, 6.45) is -1.65. The van der Waals surface area contributed by atoms with Gasteiger partial charge in [-0.15, -0.1) is 0 Å². The van der Waals surface area contributed by atoms with Crippen LogP contribution < -0.4 is 10.7 Å². The van der Waals surface area contributed by atoms with E-state index in [1.807, 2.05) is 0 Å². The molecule has 0 aliphatic carbocycles. The van der Waals surface area contributed by atoms with E-state index in [9.17, 15) is 19.5 Å². The van der Waals surface area contributed by atoms with Gasteiger partial charge in [-0.05, 0) is 53.7 Å². The standard InChI is InChI=1S/C22H26N4O7/c1-21(2,3)32-19(29)24-11-9-12(25-20(30)33-22(4,5)6)16-14-10(17(27)26-16)8-13(18(28)31-7)23-15(11)14/h8-9,23,27H,1-7H3,(H,25,30)/b24-11+. The predicted molar refractivity (Wildman–Crippen MR) is 119 cm³/mol. The smallest absolute Gasteiger partial charge is 0.434 e. The van der Waals surface area contributed by atoms with E-state index in [0.29, 0.717) is 5.39 Å². The Bertz CT molecular complexity index is 1310. The molecule has 0 fully saturated rings. The number of pyridine rings is 1. The Kier molecular flexibility index (Phi) is 5.93. The van der Waals surface area contributed by atoms with Gasteiger partial charge in [-0.1, -0.05) is 0 Å². The highest BCUT2D eigenvalue weighted by Crippen LogP contribution is 2.35. The number of hydrogen-bond acceptors (Lipinski definition) is 8. The van der Waals surface area contributed by atoms with Crippen molar-refractivity contribution in [2.75, 3.05) is 12.4 Å². The normalized spacial score (nSPS) is 12.8. The van der Waals surface area contributed by atoms with Crippen molar-refractivity contribution in [1.29, 1.82) is 0 Å². The Labute approximate surface area is 189 Å². The van der Waals surface area contributed by atoms with Crippen molar-refractivity contribution < 1.29 is 33.7 Å². The molecule has 3 rings (SSSR count). The van der Waals surface area contributed by atoms with E-state index >= 15 is 0 Å². The van der Waals surface area contributed by atoms with Crippen LogP contribution in [0.5, 0.6) is 5.88 Å². The number of carbonyl (C=O) groups excluding carboxylic acids is 3. The van der Waals surface area contributed by atoms with Crippen LogP contribution in [0.3, 0.4) is 0 Å². The third kappa shape index (κ3) is 5.30. The van der Waals surface area contributed by atoms with E-state index < -0.39 is 29.4 Å². The molecule has 2 heterocycles. The Morgan fingerprint density at radius 2 is 1.70 bits per heavy atom. The third-order valence-corrected chi connectivity index (χ3v) is 4.20. The molecule has 0 saturated heterocycles. The number of rotatable bonds is 2. The zero-order chi connectivity index (χ0) is 24.7.